The van der Waals surface area contributed by atoms with E-state index in [4.69, 9.17) is 4.74 Å². The molecular weight excluding hydrogens is 364 g/mol. The summed E-state index contributed by atoms with van der Waals surface area (Å²) in [4.78, 5) is 12.5. The highest BCUT2D eigenvalue weighted by molar-refractivity contribution is 7.89. The van der Waals surface area contributed by atoms with Gasteiger partial charge in [0.05, 0.1) is 7.11 Å². The molecule has 0 saturated carbocycles. The summed E-state index contributed by atoms with van der Waals surface area (Å²) in [5, 5.41) is 2.80. The Balaban J connectivity index is 2.38. The summed E-state index contributed by atoms with van der Waals surface area (Å²) in [5.74, 6) is -0.220. The molecule has 0 heterocycles. The van der Waals surface area contributed by atoms with Gasteiger partial charge in [-0.05, 0) is 76.1 Å². The van der Waals surface area contributed by atoms with E-state index in [1.54, 1.807) is 20.8 Å². The predicted octanol–water partition coefficient (Wildman–Crippen LogP) is 3.64. The molecular formula is C20H26N2O4S. The number of benzene rings is 2. The molecule has 2 aromatic rings. The molecule has 0 radical (unpaired) electrons. The van der Waals surface area contributed by atoms with Gasteiger partial charge in [0.1, 0.15) is 10.6 Å². The summed E-state index contributed by atoms with van der Waals surface area (Å²) in [6, 6.07) is 9.93. The number of methoxy groups -OCH3 is 1. The number of nitrogens with one attached hydrogen (secondary N) is 2. The molecule has 1 amide bonds. The third-order valence-corrected chi connectivity index (χ3v) is 5.70. The first-order chi connectivity index (χ1) is 12.4. The highest BCUT2D eigenvalue weighted by Crippen LogP contribution is 2.26. The van der Waals surface area contributed by atoms with Crippen LogP contribution in [0.5, 0.6) is 5.75 Å². The number of hydrogen-bond acceptors (Lipinski definition) is 4. The second-order valence-electron chi connectivity index (χ2n) is 7.47. The van der Waals surface area contributed by atoms with E-state index in [0.717, 1.165) is 11.1 Å². The highest BCUT2D eigenvalue weighted by atomic mass is 32.2. The fourth-order valence-electron chi connectivity index (χ4n) is 2.51. The molecule has 2 N–H and O–H groups in total. The normalized spacial score (nSPS) is 11.9. The van der Waals surface area contributed by atoms with Crippen molar-refractivity contribution in [3.63, 3.8) is 0 Å². The molecule has 0 aliphatic rings. The average Bonchev–Trinajstić information content (AvgIpc) is 2.55. The molecule has 146 valence electrons. The van der Waals surface area contributed by atoms with Crippen molar-refractivity contribution in [2.75, 3.05) is 12.4 Å². The molecule has 2 aromatic carbocycles. The Morgan fingerprint density at radius 3 is 2.22 bits per heavy atom. The van der Waals surface area contributed by atoms with Gasteiger partial charge in [-0.15, -0.1) is 0 Å². The van der Waals surface area contributed by atoms with Crippen molar-refractivity contribution in [1.82, 2.24) is 4.72 Å². The predicted molar refractivity (Wildman–Crippen MR) is 107 cm³/mol. The number of carbonyl (C=O) groups excluding carboxylic acids is 1. The quantitative estimate of drug-likeness (QED) is 0.816. The standard InChI is InChI=1S/C20H26N2O4S/c1-13-7-9-16(11-14(13)2)21-19(23)15-8-10-17(26-6)18(12-15)27(24,25)22-20(3,4)5/h7-12,22H,1-6H3,(H,21,23). The summed E-state index contributed by atoms with van der Waals surface area (Å²) in [5.41, 5.74) is 2.39. The van der Waals surface area contributed by atoms with Crippen molar-refractivity contribution in [1.29, 1.82) is 0 Å². The summed E-state index contributed by atoms with van der Waals surface area (Å²) in [6.07, 6.45) is 0. The third kappa shape index (κ3) is 5.30. The summed E-state index contributed by atoms with van der Waals surface area (Å²) >= 11 is 0. The van der Waals surface area contributed by atoms with E-state index in [1.165, 1.54) is 25.3 Å². The first-order valence-corrected chi connectivity index (χ1v) is 10.0. The van der Waals surface area contributed by atoms with Crippen molar-refractivity contribution in [3.8, 4) is 5.75 Å². The zero-order valence-electron chi connectivity index (χ0n) is 16.5. The van der Waals surface area contributed by atoms with Crippen molar-refractivity contribution in [2.24, 2.45) is 0 Å². The van der Waals surface area contributed by atoms with Gasteiger partial charge in [0, 0.05) is 16.8 Å². The molecule has 0 atom stereocenters. The van der Waals surface area contributed by atoms with E-state index >= 15 is 0 Å². The van der Waals surface area contributed by atoms with Gasteiger partial charge in [-0.1, -0.05) is 6.07 Å². The first kappa shape index (κ1) is 20.9. The van der Waals surface area contributed by atoms with Gasteiger partial charge in [0.25, 0.3) is 5.91 Å². The van der Waals surface area contributed by atoms with Crippen LogP contribution in [-0.2, 0) is 10.0 Å². The second kappa shape index (κ2) is 7.70. The molecule has 0 bridgehead atoms. The number of rotatable bonds is 5. The van der Waals surface area contributed by atoms with Gasteiger partial charge in [-0.2, -0.15) is 0 Å². The number of anilines is 1. The number of carbonyl (C=O) groups is 1. The molecule has 0 aliphatic heterocycles. The lowest BCUT2D eigenvalue weighted by Crippen LogP contribution is -2.40. The molecule has 27 heavy (non-hydrogen) atoms. The number of hydrogen-bond donors (Lipinski definition) is 2. The van der Waals surface area contributed by atoms with Crippen LogP contribution < -0.4 is 14.8 Å². The molecule has 0 saturated heterocycles. The van der Waals surface area contributed by atoms with Crippen molar-refractivity contribution in [2.45, 2.75) is 45.1 Å². The smallest absolute Gasteiger partial charge is 0.255 e. The van der Waals surface area contributed by atoms with E-state index in [2.05, 4.69) is 10.0 Å². The van der Waals surface area contributed by atoms with Crippen LogP contribution in [0.2, 0.25) is 0 Å². The first-order valence-electron chi connectivity index (χ1n) is 8.53. The van der Waals surface area contributed by atoms with Crippen molar-refractivity contribution in [3.05, 3.63) is 53.1 Å². The summed E-state index contributed by atoms with van der Waals surface area (Å²) in [7, 11) is -2.47. The molecule has 2 rings (SSSR count). The zero-order chi connectivity index (χ0) is 20.4. The van der Waals surface area contributed by atoms with Gasteiger partial charge >= 0.3 is 0 Å². The maximum atomic E-state index is 12.7. The Morgan fingerprint density at radius 1 is 1.00 bits per heavy atom. The molecule has 7 heteroatoms. The minimum Gasteiger partial charge on any atom is -0.495 e. The van der Waals surface area contributed by atoms with E-state index < -0.39 is 21.5 Å². The highest BCUT2D eigenvalue weighted by Gasteiger charge is 2.26. The fraction of sp³-hybridized carbons (Fsp3) is 0.350. The molecule has 0 spiro atoms. The van der Waals surface area contributed by atoms with Crippen LogP contribution in [0, 0.1) is 13.8 Å². The third-order valence-electron chi connectivity index (χ3n) is 3.92. The zero-order valence-corrected chi connectivity index (χ0v) is 17.3. The average molecular weight is 391 g/mol. The number of sulfonamides is 1. The number of aryl methyl sites for hydroxylation is 2. The van der Waals surface area contributed by atoms with E-state index in [9.17, 15) is 13.2 Å². The van der Waals surface area contributed by atoms with Gasteiger partial charge < -0.3 is 10.1 Å². The fourth-order valence-corrected chi connectivity index (χ4v) is 4.12. The van der Waals surface area contributed by atoms with Crippen LogP contribution in [0.4, 0.5) is 5.69 Å². The van der Waals surface area contributed by atoms with Gasteiger partial charge in [0.2, 0.25) is 10.0 Å². The van der Waals surface area contributed by atoms with Crippen molar-refractivity contribution < 1.29 is 17.9 Å². The lowest BCUT2D eigenvalue weighted by Gasteiger charge is -2.21. The van der Waals surface area contributed by atoms with Crippen LogP contribution in [0.15, 0.2) is 41.3 Å². The summed E-state index contributed by atoms with van der Waals surface area (Å²) < 4.78 is 33.2. The van der Waals surface area contributed by atoms with Crippen LogP contribution >= 0.6 is 0 Å². The Morgan fingerprint density at radius 2 is 1.67 bits per heavy atom. The topological polar surface area (TPSA) is 84.5 Å². The van der Waals surface area contributed by atoms with Crippen LogP contribution in [-0.4, -0.2) is 27.0 Å². The van der Waals surface area contributed by atoms with Gasteiger partial charge in [-0.3, -0.25) is 4.79 Å². The lowest BCUT2D eigenvalue weighted by atomic mass is 10.1. The maximum absolute atomic E-state index is 12.7. The molecule has 0 unspecified atom stereocenters. The molecule has 0 fully saturated rings. The SMILES string of the molecule is COc1ccc(C(=O)Nc2ccc(C)c(C)c2)cc1S(=O)(=O)NC(C)(C)C. The molecule has 6 nitrogen and oxygen atoms in total. The molecule has 0 aliphatic carbocycles. The largest absolute Gasteiger partial charge is 0.495 e. The molecule has 0 aromatic heterocycles. The second-order valence-corrected chi connectivity index (χ2v) is 9.13. The Hall–Kier alpha value is -2.38. The Bertz CT molecular complexity index is 960. The maximum Gasteiger partial charge on any atom is 0.255 e. The van der Waals surface area contributed by atoms with Crippen LogP contribution in [0.25, 0.3) is 0 Å². The van der Waals surface area contributed by atoms with E-state index in [0.29, 0.717) is 5.69 Å². The Kier molecular flexibility index (Phi) is 5.97. The van der Waals surface area contributed by atoms with Crippen molar-refractivity contribution >= 4 is 21.6 Å². The van der Waals surface area contributed by atoms with Gasteiger partial charge in [0.15, 0.2) is 0 Å². The minimum atomic E-state index is -3.86. The van der Waals surface area contributed by atoms with E-state index in [1.807, 2.05) is 32.0 Å². The lowest BCUT2D eigenvalue weighted by molar-refractivity contribution is 0.102. The number of ether oxygens (including phenoxy) is 1. The monoisotopic (exact) mass is 390 g/mol. The summed E-state index contributed by atoms with van der Waals surface area (Å²) in [6.45, 7) is 9.18. The van der Waals surface area contributed by atoms with E-state index in [-0.39, 0.29) is 16.2 Å². The number of amides is 1. The van der Waals surface area contributed by atoms with Crippen LogP contribution in [0.1, 0.15) is 42.3 Å². The van der Waals surface area contributed by atoms with Crippen LogP contribution in [0.3, 0.4) is 0 Å². The Labute approximate surface area is 161 Å². The van der Waals surface area contributed by atoms with Gasteiger partial charge in [-0.25, -0.2) is 13.1 Å². The minimum absolute atomic E-state index is 0.0762.